The van der Waals surface area contributed by atoms with Crippen LogP contribution in [0.15, 0.2) is 24.8 Å². The zero-order chi connectivity index (χ0) is 56.4. The molecule has 0 aliphatic carbocycles. The summed E-state index contributed by atoms with van der Waals surface area (Å²) in [6.45, 7) is 7.66. The standard InChI is InChI=1S/C37H50N10O20.3CO.ClH.Tc/c48-26(6-4-22(35(63)64)41-37(67)42-23(36(65)66)5-7-29(51)52)40-21(34(61)62)3-1-2-10-43(13-24-38-8-11-44(24)15-27(49)46(17-30(53)54)18-31(55)56)14-25-39-9-12-45(25)16-28(50)47(19-32(57)58)20-33(59)60;3*1-2;;/h8-9,11-12,21-23H,1-7,10,13-20H2,(H,40,48)(H,51,52)(H,53,54)(H,55,56)(H,57,58)(H,59,60)(H,61,62)(H,63,64)(H,65,66)(H2,41,42,67);;;;1H;/q;;;;;+4/p-4/t21-,22-,23-;;;;;/m0...../s1/i;;;;;1+1. The van der Waals surface area contributed by atoms with Gasteiger partial charge in [-0.05, 0) is 45.1 Å². The van der Waals surface area contributed by atoms with Crippen LogP contribution in [0.3, 0.4) is 0 Å². The van der Waals surface area contributed by atoms with E-state index in [4.69, 9.17) is 14.0 Å². The van der Waals surface area contributed by atoms with Crippen LogP contribution < -0.4 is 69.2 Å². The minimum absolute atomic E-state index is 0. The molecule has 75 heavy (non-hydrogen) atoms. The van der Waals surface area contributed by atoms with Gasteiger partial charge < -0.3 is 126 Å². The molecular weight excluding hydrogens is 1120 g/mol. The van der Waals surface area contributed by atoms with Gasteiger partial charge in [0.05, 0.1) is 99.2 Å². The molecule has 2 aromatic rings. The van der Waals surface area contributed by atoms with E-state index in [2.05, 4.69) is 35.2 Å². The number of rotatable bonds is 33. The Labute approximate surface area is 450 Å². The molecule has 33 nitrogen and oxygen atoms in total. The van der Waals surface area contributed by atoms with Crippen LogP contribution in [-0.2, 0) is 113 Å². The van der Waals surface area contributed by atoms with E-state index in [0.29, 0.717) is 9.80 Å². The molecule has 409 valence electrons. The summed E-state index contributed by atoms with van der Waals surface area (Å²) < 4.78 is 25.0. The third-order valence-corrected chi connectivity index (χ3v) is 9.24. The smallest absolute Gasteiger partial charge is 1.00 e. The second-order valence-corrected chi connectivity index (χ2v) is 14.4. The van der Waals surface area contributed by atoms with E-state index < -0.39 is 155 Å². The number of carboxylic acid groups (broad SMARTS) is 8. The molecule has 3 atom stereocenters. The number of halogens is 1. The van der Waals surface area contributed by atoms with Gasteiger partial charge in [0.15, 0.2) is 0 Å². The van der Waals surface area contributed by atoms with Crippen LogP contribution in [0.4, 0.5) is 4.79 Å². The van der Waals surface area contributed by atoms with Gasteiger partial charge in [-0.3, -0.25) is 19.3 Å². The van der Waals surface area contributed by atoms with Gasteiger partial charge in [0.25, 0.3) is 0 Å². The molecule has 0 bridgehead atoms. The van der Waals surface area contributed by atoms with Crippen molar-refractivity contribution in [2.24, 2.45) is 0 Å². The van der Waals surface area contributed by atoms with Crippen molar-refractivity contribution in [2.45, 2.75) is 89.3 Å². The number of urea groups is 1. The molecule has 0 saturated carbocycles. The van der Waals surface area contributed by atoms with Gasteiger partial charge >= 0.3 is 67.2 Å². The first-order chi connectivity index (χ1) is 34.4. The Balaban J connectivity index is -0.000000534. The Morgan fingerprint density at radius 1 is 0.533 bits per heavy atom. The number of unbranched alkanes of at least 4 members (excludes halogenated alkanes) is 1. The molecule has 3 N–H and O–H groups in total. The van der Waals surface area contributed by atoms with Crippen molar-refractivity contribution in [3.8, 4) is 0 Å². The number of carboxylic acids is 8. The fraction of sp³-hybridized carbons (Fsp3) is 0.475. The molecule has 0 aliphatic rings. The summed E-state index contributed by atoms with van der Waals surface area (Å²) in [6, 6.07) is -6.85. The number of hydrogen-bond acceptors (Lipinski definition) is 23. The Bertz CT molecular complexity index is 2190. The normalized spacial score (nSPS) is 11.0. The number of nitrogens with zero attached hydrogens (tertiary/aromatic N) is 7. The number of aliphatic carboxylic acids is 8. The van der Waals surface area contributed by atoms with Gasteiger partial charge in [-0.15, -0.1) is 0 Å². The monoisotopic (exact) mass is 1170 g/mol. The van der Waals surface area contributed by atoms with Gasteiger partial charge in [-0.1, -0.05) is 0 Å². The fourth-order valence-electron chi connectivity index (χ4n) is 6.06. The molecule has 0 fully saturated rings. The maximum atomic E-state index is 12.9. The third-order valence-electron chi connectivity index (χ3n) is 9.24. The number of aromatic nitrogens is 4. The summed E-state index contributed by atoms with van der Waals surface area (Å²) in [5, 5.41) is 96.0. The molecule has 2 heterocycles. The maximum absolute atomic E-state index is 12.9. The predicted octanol–water partition coefficient (Wildman–Crippen LogP) is -16.6. The van der Waals surface area contributed by atoms with Crippen LogP contribution in [0.5, 0.6) is 0 Å². The fourth-order valence-corrected chi connectivity index (χ4v) is 6.06. The van der Waals surface area contributed by atoms with Gasteiger partial charge in [-0.2, -0.15) is 0 Å². The quantitative estimate of drug-likeness (QED) is 0.0339. The second kappa shape index (κ2) is 40.5. The molecule has 5 amide bonds. The zero-order valence-electron chi connectivity index (χ0n) is 43.6. The molecule has 0 spiro atoms. The summed E-state index contributed by atoms with van der Waals surface area (Å²) >= 11 is 0. The Kier molecular flexibility index (Phi) is 39.7. The summed E-state index contributed by atoms with van der Waals surface area (Å²) in [5.41, 5.74) is 0. The van der Waals surface area contributed by atoms with Crippen LogP contribution in [0.25, 0.3) is 0 Å². The minimum atomic E-state index is -1.92. The SMILES string of the molecule is O=C([O-])CC[C@H](NC(=O)N[C@@H](CCC(=O)N[C@@H](CCCCN(Cc1nccn1CC(=O)N(CC(=O)[O-])CC(=O)[O-])Cc1nccn1CC(=O)N(CC(=O)[O-])CC(=O)[O-])C(=O)[O-])C(=O)[O-])C(=O)[O-].[99Tc+4].[C-]#[O+].[C-]#[O+].[C-]#[O+].[Cl-].[H+].[H+].[H+].[H+].[H+]. The number of carbonyl (C=O) groups excluding carboxylic acids is 12. The average Bonchev–Trinajstić information content (AvgIpc) is 3.95. The Morgan fingerprint density at radius 2 is 0.880 bits per heavy atom. The van der Waals surface area contributed by atoms with E-state index in [-0.39, 0.29) is 90.2 Å². The summed E-state index contributed by atoms with van der Waals surface area (Å²) in [6.07, 6.45) is 2.13. The van der Waals surface area contributed by atoms with E-state index in [1.165, 1.54) is 33.9 Å². The molecule has 2 aromatic heterocycles. The minimum Gasteiger partial charge on any atom is -1.00 e. The van der Waals surface area contributed by atoms with E-state index in [0.717, 1.165) is 0 Å². The molecule has 0 aromatic carbocycles. The Morgan fingerprint density at radius 3 is 1.21 bits per heavy atom. The Hall–Kier alpha value is -8.02. The van der Waals surface area contributed by atoms with Crippen LogP contribution in [0.2, 0.25) is 0 Å². The molecule has 1 radical (unpaired) electrons. The maximum Gasteiger partial charge on any atom is 1.00 e. The van der Waals surface area contributed by atoms with Crippen molar-refractivity contribution in [1.82, 2.24) is 49.8 Å². The van der Waals surface area contributed by atoms with Gasteiger partial charge in [0.1, 0.15) is 24.7 Å². The van der Waals surface area contributed by atoms with Crippen LogP contribution in [0, 0.1) is 20.0 Å². The van der Waals surface area contributed by atoms with E-state index in [9.17, 15) is 98.4 Å². The van der Waals surface area contributed by atoms with Crippen LogP contribution in [0.1, 0.15) is 63.7 Å². The van der Waals surface area contributed by atoms with Gasteiger partial charge in [0, 0.05) is 37.2 Å². The summed E-state index contributed by atoms with van der Waals surface area (Å²) in [4.78, 5) is 152. The van der Waals surface area contributed by atoms with Crippen molar-refractivity contribution in [3.63, 3.8) is 0 Å². The largest absolute Gasteiger partial charge is 1.00 e. The first-order valence-corrected chi connectivity index (χ1v) is 20.3. The number of imidazole rings is 2. The first-order valence-electron chi connectivity index (χ1n) is 20.3. The first kappa shape index (κ1) is 73.5. The number of hydrogen-bond donors (Lipinski definition) is 3. The van der Waals surface area contributed by atoms with Crippen molar-refractivity contribution < 1.29 is 152 Å². The number of amides is 5. The molecule has 35 heteroatoms. The van der Waals surface area contributed by atoms with Gasteiger partial charge in [-0.25, -0.2) is 14.8 Å². The average molecular weight is 1170 g/mol. The third kappa shape index (κ3) is 31.2. The molecule has 0 unspecified atom stereocenters. The number of carbonyl (C=O) groups is 12. The molecule has 0 saturated heterocycles. The van der Waals surface area contributed by atoms with E-state index in [1.54, 1.807) is 10.2 Å². The molecule has 2 rings (SSSR count). The zero-order valence-corrected chi connectivity index (χ0v) is 41.2. The molecular formula is C40H47ClN10O23Tc. The predicted molar refractivity (Wildman–Crippen MR) is 213 cm³/mol. The summed E-state index contributed by atoms with van der Waals surface area (Å²) in [7, 11) is 0. The van der Waals surface area contributed by atoms with E-state index >= 15 is 0 Å². The van der Waals surface area contributed by atoms with Gasteiger partial charge in [0.2, 0.25) is 17.7 Å². The topological polar surface area (TPSA) is 530 Å². The molecule has 0 aliphatic heterocycles. The van der Waals surface area contributed by atoms with Crippen LogP contribution in [-0.4, -0.2) is 156 Å². The van der Waals surface area contributed by atoms with Crippen LogP contribution >= 0.6 is 0 Å². The van der Waals surface area contributed by atoms with Crippen molar-refractivity contribution in [3.05, 3.63) is 56.4 Å². The van der Waals surface area contributed by atoms with Crippen molar-refractivity contribution >= 4 is 71.5 Å². The second-order valence-electron chi connectivity index (χ2n) is 14.4. The van der Waals surface area contributed by atoms with E-state index in [1.807, 2.05) is 5.32 Å². The summed E-state index contributed by atoms with van der Waals surface area (Å²) in [5.74, 6) is -17.0. The van der Waals surface area contributed by atoms with Crippen molar-refractivity contribution in [1.29, 1.82) is 0 Å². The van der Waals surface area contributed by atoms with Crippen molar-refractivity contribution in [2.75, 3.05) is 32.7 Å². The number of nitrogens with one attached hydrogen (secondary N) is 3.